The van der Waals surface area contributed by atoms with Crippen LogP contribution in [0, 0.1) is 17.0 Å². The summed E-state index contributed by atoms with van der Waals surface area (Å²) in [4.78, 5) is 11.7. The average Bonchev–Trinajstić information content (AvgIpc) is 2.99. The van der Waals surface area contributed by atoms with E-state index in [1.165, 1.54) is 0 Å². The van der Waals surface area contributed by atoms with Gasteiger partial charge in [0.15, 0.2) is 5.82 Å². The molecule has 1 aliphatic rings. The lowest BCUT2D eigenvalue weighted by Gasteiger charge is -2.11. The minimum absolute atomic E-state index is 0.116. The maximum atomic E-state index is 13.5. The van der Waals surface area contributed by atoms with E-state index in [1.54, 1.807) is 0 Å². The zero-order valence-corrected chi connectivity index (χ0v) is 9.52. The lowest BCUT2D eigenvalue weighted by atomic mass is 10.1. The van der Waals surface area contributed by atoms with Crippen LogP contribution in [0.4, 0.5) is 14.5 Å². The highest BCUT2D eigenvalue weighted by atomic mass is 19.1. The van der Waals surface area contributed by atoms with Crippen LogP contribution in [0.1, 0.15) is 30.1 Å². The molecular weight excluding hydrogens is 226 g/mol. The Morgan fingerprint density at radius 2 is 2.12 bits per heavy atom. The first-order valence-corrected chi connectivity index (χ1v) is 5.44. The molecule has 1 saturated carbocycles. The maximum Gasteiger partial charge on any atom is 0.254 e. The second-order valence-corrected chi connectivity index (χ2v) is 4.85. The molecule has 0 atom stereocenters. The lowest BCUT2D eigenvalue weighted by Crippen LogP contribution is -2.30. The molecule has 0 spiro atoms. The zero-order valence-electron chi connectivity index (χ0n) is 9.52. The Morgan fingerprint density at radius 3 is 2.71 bits per heavy atom. The normalized spacial score (nSPS) is 16.6. The van der Waals surface area contributed by atoms with Gasteiger partial charge in [-0.05, 0) is 30.4 Å². The van der Waals surface area contributed by atoms with Crippen LogP contribution in [0.15, 0.2) is 12.1 Å². The number of nitrogens with one attached hydrogen (secondary N) is 1. The van der Waals surface area contributed by atoms with Crippen molar-refractivity contribution in [3.63, 3.8) is 0 Å². The van der Waals surface area contributed by atoms with Crippen LogP contribution in [-0.2, 0) is 0 Å². The van der Waals surface area contributed by atoms with Gasteiger partial charge in [-0.2, -0.15) is 0 Å². The number of carbonyl (C=O) groups excluding carboxylic acids is 1. The molecule has 0 heterocycles. The van der Waals surface area contributed by atoms with Crippen molar-refractivity contribution in [1.82, 2.24) is 5.32 Å². The summed E-state index contributed by atoms with van der Waals surface area (Å²) < 4.78 is 26.5. The second-order valence-electron chi connectivity index (χ2n) is 4.85. The molecule has 5 heteroatoms. The highest BCUT2D eigenvalue weighted by Crippen LogP contribution is 2.44. The third-order valence-corrected chi connectivity index (χ3v) is 3.09. The molecule has 0 aliphatic heterocycles. The van der Waals surface area contributed by atoms with E-state index >= 15 is 0 Å². The molecule has 1 aliphatic carbocycles. The van der Waals surface area contributed by atoms with Crippen LogP contribution < -0.4 is 11.1 Å². The van der Waals surface area contributed by atoms with Crippen LogP contribution in [0.3, 0.4) is 0 Å². The summed E-state index contributed by atoms with van der Waals surface area (Å²) in [7, 11) is 0. The van der Waals surface area contributed by atoms with Gasteiger partial charge in [0.25, 0.3) is 5.91 Å². The number of rotatable bonds is 3. The number of carbonyl (C=O) groups is 1. The highest BCUT2D eigenvalue weighted by Gasteiger charge is 2.37. The monoisotopic (exact) mass is 240 g/mol. The predicted octanol–water partition coefficient (Wildman–Crippen LogP) is 2.08. The Balaban J connectivity index is 2.13. The molecule has 1 aromatic carbocycles. The van der Waals surface area contributed by atoms with Gasteiger partial charge in [0.2, 0.25) is 0 Å². The van der Waals surface area contributed by atoms with Gasteiger partial charge in [0.05, 0.1) is 11.3 Å². The molecule has 17 heavy (non-hydrogen) atoms. The number of halogens is 2. The molecule has 0 unspecified atom stereocenters. The van der Waals surface area contributed by atoms with Crippen molar-refractivity contribution < 1.29 is 13.6 Å². The SMILES string of the molecule is CC1(CNC(=O)c2cc(F)cc(N)c2F)CC1. The van der Waals surface area contributed by atoms with Gasteiger partial charge in [-0.15, -0.1) is 0 Å². The summed E-state index contributed by atoms with van der Waals surface area (Å²) in [5.74, 6) is -2.21. The summed E-state index contributed by atoms with van der Waals surface area (Å²) in [6.45, 7) is 2.51. The summed E-state index contributed by atoms with van der Waals surface area (Å²) in [6, 6.07) is 1.71. The van der Waals surface area contributed by atoms with Crippen LogP contribution in [-0.4, -0.2) is 12.5 Å². The fourth-order valence-corrected chi connectivity index (χ4v) is 1.55. The van der Waals surface area contributed by atoms with Crippen LogP contribution in [0.2, 0.25) is 0 Å². The van der Waals surface area contributed by atoms with Gasteiger partial charge in [-0.25, -0.2) is 8.78 Å². The van der Waals surface area contributed by atoms with Crippen molar-refractivity contribution in [1.29, 1.82) is 0 Å². The van der Waals surface area contributed by atoms with Crippen molar-refractivity contribution in [3.8, 4) is 0 Å². The van der Waals surface area contributed by atoms with Gasteiger partial charge in [0, 0.05) is 6.54 Å². The van der Waals surface area contributed by atoms with Gasteiger partial charge >= 0.3 is 0 Å². The third kappa shape index (κ3) is 2.54. The van der Waals surface area contributed by atoms with Gasteiger partial charge in [0.1, 0.15) is 5.82 Å². The molecule has 0 aromatic heterocycles. The number of amides is 1. The van der Waals surface area contributed by atoms with Crippen molar-refractivity contribution in [2.75, 3.05) is 12.3 Å². The molecule has 92 valence electrons. The van der Waals surface area contributed by atoms with E-state index in [-0.39, 0.29) is 16.7 Å². The fourth-order valence-electron chi connectivity index (χ4n) is 1.55. The van der Waals surface area contributed by atoms with Crippen LogP contribution in [0.5, 0.6) is 0 Å². The average molecular weight is 240 g/mol. The molecular formula is C12H14F2N2O. The third-order valence-electron chi connectivity index (χ3n) is 3.09. The Bertz CT molecular complexity index is 470. The van der Waals surface area contributed by atoms with Crippen LogP contribution >= 0.6 is 0 Å². The van der Waals surface area contributed by atoms with Crippen LogP contribution in [0.25, 0.3) is 0 Å². The quantitative estimate of drug-likeness (QED) is 0.795. The smallest absolute Gasteiger partial charge is 0.254 e. The molecule has 0 radical (unpaired) electrons. The first kappa shape index (κ1) is 11.8. The molecule has 2 rings (SSSR count). The number of benzene rings is 1. The summed E-state index contributed by atoms with van der Waals surface area (Å²) in [5.41, 5.74) is 4.68. The van der Waals surface area contributed by atoms with Crippen molar-refractivity contribution in [2.45, 2.75) is 19.8 Å². The molecule has 0 saturated heterocycles. The molecule has 1 fully saturated rings. The number of nitrogens with two attached hydrogens (primary N) is 1. The van der Waals surface area contributed by atoms with E-state index in [2.05, 4.69) is 5.32 Å². The molecule has 3 N–H and O–H groups in total. The minimum Gasteiger partial charge on any atom is -0.396 e. The Kier molecular flexibility index (Phi) is 2.77. The highest BCUT2D eigenvalue weighted by molar-refractivity contribution is 5.95. The van der Waals surface area contributed by atoms with Crippen molar-refractivity contribution in [2.24, 2.45) is 5.41 Å². The van der Waals surface area contributed by atoms with E-state index < -0.39 is 17.5 Å². The lowest BCUT2D eigenvalue weighted by molar-refractivity contribution is 0.0941. The minimum atomic E-state index is -0.871. The first-order chi connectivity index (χ1) is 7.91. The molecule has 0 bridgehead atoms. The number of hydrogen-bond acceptors (Lipinski definition) is 2. The summed E-state index contributed by atoms with van der Waals surface area (Å²) >= 11 is 0. The summed E-state index contributed by atoms with van der Waals surface area (Å²) in [6.07, 6.45) is 2.09. The van der Waals surface area contributed by atoms with Gasteiger partial charge in [-0.3, -0.25) is 4.79 Å². The molecule has 1 amide bonds. The maximum absolute atomic E-state index is 13.5. The van der Waals surface area contributed by atoms with Gasteiger partial charge in [-0.1, -0.05) is 6.92 Å². The second kappa shape index (κ2) is 3.98. The van der Waals surface area contributed by atoms with E-state index in [1.807, 2.05) is 6.92 Å². The number of nitrogen functional groups attached to an aromatic ring is 1. The predicted molar refractivity (Wildman–Crippen MR) is 60.4 cm³/mol. The molecule has 3 nitrogen and oxygen atoms in total. The van der Waals surface area contributed by atoms with E-state index in [4.69, 9.17) is 5.73 Å². The van der Waals surface area contributed by atoms with E-state index in [0.29, 0.717) is 6.54 Å². The standard InChI is InChI=1S/C12H14F2N2O/c1-12(2-3-12)6-16-11(17)8-4-7(13)5-9(15)10(8)14/h4-5H,2-3,6,15H2,1H3,(H,16,17). The fraction of sp³-hybridized carbons (Fsp3) is 0.417. The van der Waals surface area contributed by atoms with E-state index in [9.17, 15) is 13.6 Å². The summed E-state index contributed by atoms with van der Waals surface area (Å²) in [5, 5.41) is 2.60. The largest absolute Gasteiger partial charge is 0.396 e. The first-order valence-electron chi connectivity index (χ1n) is 5.44. The van der Waals surface area contributed by atoms with Crippen molar-refractivity contribution >= 4 is 11.6 Å². The Labute approximate surface area is 98.0 Å². The number of anilines is 1. The van der Waals surface area contributed by atoms with Crippen molar-refractivity contribution in [3.05, 3.63) is 29.3 Å². The Hall–Kier alpha value is -1.65. The Morgan fingerprint density at radius 1 is 1.47 bits per heavy atom. The zero-order chi connectivity index (χ0) is 12.6. The topological polar surface area (TPSA) is 55.1 Å². The van der Waals surface area contributed by atoms with E-state index in [0.717, 1.165) is 25.0 Å². The number of hydrogen-bond donors (Lipinski definition) is 2. The molecule has 1 aromatic rings. The van der Waals surface area contributed by atoms with Gasteiger partial charge < -0.3 is 11.1 Å².